The van der Waals surface area contributed by atoms with Gasteiger partial charge >= 0.3 is 0 Å². The standard InChI is InChI=1S/C38H49N7O5/c1-24(2)21-31-36(48)40-25(3)34(46)39-19-9-10-20-45(38(50)33-29-13-7-8-14-30(29)43-44-33)23-27-15-17-28(18-16-27)35(47)41-32(37(49)42-31)22-26-11-5-4-6-12-26/h4-6,11-12,15-18,24-25,31-32H,7-10,13-14,19-23H2,1-3H3,(H,39,46)(H,40,48)(H,41,47)(H,42,49)(H,43,44)/t25-,31+,32-/m1/s1. The lowest BCUT2D eigenvalue weighted by molar-refractivity contribution is -0.132. The number of nitrogens with zero attached hydrogens (tertiary/aromatic N) is 2. The molecule has 0 saturated carbocycles. The molecule has 0 radical (unpaired) electrons. The van der Waals surface area contributed by atoms with E-state index in [0.717, 1.165) is 48.1 Å². The molecule has 0 spiro atoms. The number of hydrogen-bond acceptors (Lipinski definition) is 6. The molecule has 1 aliphatic carbocycles. The van der Waals surface area contributed by atoms with Crippen LogP contribution in [0.1, 0.15) is 96.1 Å². The highest BCUT2D eigenvalue weighted by atomic mass is 16.2. The summed E-state index contributed by atoms with van der Waals surface area (Å²) < 4.78 is 0. The van der Waals surface area contributed by atoms with Gasteiger partial charge in [-0.05, 0) is 81.0 Å². The monoisotopic (exact) mass is 683 g/mol. The van der Waals surface area contributed by atoms with Crippen LogP contribution >= 0.6 is 0 Å². The Morgan fingerprint density at radius 1 is 0.840 bits per heavy atom. The average molecular weight is 684 g/mol. The van der Waals surface area contributed by atoms with Gasteiger partial charge in [-0.1, -0.05) is 56.3 Å². The van der Waals surface area contributed by atoms with Crippen molar-refractivity contribution in [1.29, 1.82) is 0 Å². The van der Waals surface area contributed by atoms with E-state index in [1.54, 1.807) is 24.0 Å². The second-order valence-corrected chi connectivity index (χ2v) is 13.8. The van der Waals surface area contributed by atoms with E-state index < -0.39 is 35.8 Å². The third-order valence-corrected chi connectivity index (χ3v) is 9.29. The fourth-order valence-electron chi connectivity index (χ4n) is 6.49. The SMILES string of the molecule is CC(C)C[C@@H]1NC(=O)[C@@H](Cc2ccccc2)NC(=O)c2ccc(cc2)CN(C(=O)c2n[nH]c3c2CCCC3)CCCCNC(=O)[C@@H](C)NC1=O. The second kappa shape index (κ2) is 17.1. The maximum absolute atomic E-state index is 13.9. The van der Waals surface area contributed by atoms with Crippen LogP contribution in [0.3, 0.4) is 0 Å². The summed E-state index contributed by atoms with van der Waals surface area (Å²) in [6, 6.07) is 13.6. The van der Waals surface area contributed by atoms with E-state index in [1.807, 2.05) is 56.3 Å². The smallest absolute Gasteiger partial charge is 0.274 e. The summed E-state index contributed by atoms with van der Waals surface area (Å²) in [6.07, 6.45) is 5.57. The molecule has 2 aliphatic heterocycles. The molecule has 6 rings (SSSR count). The molecule has 0 fully saturated rings. The third kappa shape index (κ3) is 9.58. The van der Waals surface area contributed by atoms with Crippen LogP contribution in [0, 0.1) is 5.92 Å². The molecule has 266 valence electrons. The van der Waals surface area contributed by atoms with E-state index in [1.165, 1.54) is 0 Å². The number of aromatic amines is 1. The number of benzene rings is 2. The minimum Gasteiger partial charge on any atom is -0.354 e. The molecule has 2 aromatic carbocycles. The molecule has 1 aromatic heterocycles. The van der Waals surface area contributed by atoms with Gasteiger partial charge in [-0.3, -0.25) is 29.1 Å². The third-order valence-electron chi connectivity index (χ3n) is 9.29. The number of nitrogens with one attached hydrogen (secondary N) is 5. The topological polar surface area (TPSA) is 165 Å². The highest BCUT2D eigenvalue weighted by Crippen LogP contribution is 2.24. The van der Waals surface area contributed by atoms with Crippen LogP contribution in [0.2, 0.25) is 0 Å². The Labute approximate surface area is 293 Å². The number of carbonyl (C=O) groups is 5. The van der Waals surface area contributed by atoms with E-state index in [9.17, 15) is 24.0 Å². The lowest BCUT2D eigenvalue weighted by Gasteiger charge is -2.25. The predicted molar refractivity (Wildman–Crippen MR) is 189 cm³/mol. The predicted octanol–water partition coefficient (Wildman–Crippen LogP) is 3.22. The summed E-state index contributed by atoms with van der Waals surface area (Å²) in [7, 11) is 0. The van der Waals surface area contributed by atoms with Crippen LogP contribution in [-0.2, 0) is 40.2 Å². The summed E-state index contributed by atoms with van der Waals surface area (Å²) in [6.45, 7) is 6.61. The Kier molecular flexibility index (Phi) is 12.4. The van der Waals surface area contributed by atoms with Gasteiger partial charge in [-0.15, -0.1) is 0 Å². The molecule has 3 aliphatic rings. The number of aromatic nitrogens is 2. The number of rotatable bonds is 5. The van der Waals surface area contributed by atoms with Crippen molar-refractivity contribution >= 4 is 29.5 Å². The van der Waals surface area contributed by atoms with Crippen LogP contribution < -0.4 is 21.3 Å². The van der Waals surface area contributed by atoms with Crippen LogP contribution in [0.5, 0.6) is 0 Å². The largest absolute Gasteiger partial charge is 0.354 e. The maximum Gasteiger partial charge on any atom is 0.274 e. The van der Waals surface area contributed by atoms with Gasteiger partial charge in [0.25, 0.3) is 11.8 Å². The molecule has 3 aromatic rings. The van der Waals surface area contributed by atoms with E-state index >= 15 is 0 Å². The molecule has 0 unspecified atom stereocenters. The van der Waals surface area contributed by atoms with Crippen molar-refractivity contribution < 1.29 is 24.0 Å². The van der Waals surface area contributed by atoms with Gasteiger partial charge in [0, 0.05) is 42.9 Å². The number of amides is 5. The molecule has 5 amide bonds. The summed E-state index contributed by atoms with van der Waals surface area (Å²) in [5.41, 5.74) is 4.51. The van der Waals surface area contributed by atoms with Gasteiger partial charge in [-0.25, -0.2) is 0 Å². The van der Waals surface area contributed by atoms with Gasteiger partial charge in [-0.2, -0.15) is 5.10 Å². The molecular formula is C38H49N7O5. The Morgan fingerprint density at radius 2 is 1.56 bits per heavy atom. The molecule has 0 saturated heterocycles. The van der Waals surface area contributed by atoms with Gasteiger partial charge in [0.05, 0.1) is 0 Å². The van der Waals surface area contributed by atoms with Gasteiger partial charge < -0.3 is 26.2 Å². The fourth-order valence-corrected chi connectivity index (χ4v) is 6.49. The average Bonchev–Trinajstić information content (AvgIpc) is 3.54. The molecule has 3 atom stereocenters. The van der Waals surface area contributed by atoms with E-state index in [0.29, 0.717) is 50.2 Å². The molecule has 12 nitrogen and oxygen atoms in total. The first-order chi connectivity index (χ1) is 24.1. The van der Waals surface area contributed by atoms with Crippen LogP contribution in [0.15, 0.2) is 54.6 Å². The number of aryl methyl sites for hydroxylation is 1. The van der Waals surface area contributed by atoms with Crippen molar-refractivity contribution in [3.05, 3.63) is 88.2 Å². The zero-order valence-corrected chi connectivity index (χ0v) is 29.2. The molecule has 12 heteroatoms. The number of hydrogen-bond donors (Lipinski definition) is 5. The number of carbonyl (C=O) groups excluding carboxylic acids is 5. The van der Waals surface area contributed by atoms with Crippen LogP contribution in [-0.4, -0.2) is 75.8 Å². The molecular weight excluding hydrogens is 634 g/mol. The second-order valence-electron chi connectivity index (χ2n) is 13.8. The first-order valence-corrected chi connectivity index (χ1v) is 17.8. The number of fused-ring (bicyclic) bond motifs is 19. The molecule has 2 bridgehead atoms. The highest BCUT2D eigenvalue weighted by molar-refractivity contribution is 5.99. The van der Waals surface area contributed by atoms with E-state index in [-0.39, 0.29) is 24.2 Å². The first-order valence-electron chi connectivity index (χ1n) is 17.8. The van der Waals surface area contributed by atoms with Crippen molar-refractivity contribution in [1.82, 2.24) is 36.4 Å². The summed E-state index contributed by atoms with van der Waals surface area (Å²) in [5.74, 6) is -1.85. The highest BCUT2D eigenvalue weighted by Gasteiger charge is 2.30. The normalized spacial score (nSPS) is 21.4. The van der Waals surface area contributed by atoms with Gasteiger partial charge in [0.2, 0.25) is 17.7 Å². The lowest BCUT2D eigenvalue weighted by Crippen LogP contribution is -2.57. The molecule has 50 heavy (non-hydrogen) atoms. The number of H-pyrrole nitrogens is 1. The van der Waals surface area contributed by atoms with Crippen molar-refractivity contribution in [2.75, 3.05) is 13.1 Å². The Bertz CT molecular complexity index is 1650. The van der Waals surface area contributed by atoms with Crippen LogP contribution in [0.4, 0.5) is 0 Å². The van der Waals surface area contributed by atoms with E-state index in [2.05, 4.69) is 31.5 Å². The van der Waals surface area contributed by atoms with Crippen LogP contribution in [0.25, 0.3) is 0 Å². The Balaban J connectivity index is 1.41. The van der Waals surface area contributed by atoms with Gasteiger partial charge in [0.15, 0.2) is 5.69 Å². The zero-order valence-electron chi connectivity index (χ0n) is 29.2. The summed E-state index contributed by atoms with van der Waals surface area (Å²) in [4.78, 5) is 69.4. The fraction of sp³-hybridized carbons (Fsp3) is 0.474. The lowest BCUT2D eigenvalue weighted by atomic mass is 9.95. The summed E-state index contributed by atoms with van der Waals surface area (Å²) >= 11 is 0. The van der Waals surface area contributed by atoms with Gasteiger partial charge in [0.1, 0.15) is 18.1 Å². The zero-order chi connectivity index (χ0) is 35.6. The van der Waals surface area contributed by atoms with E-state index in [4.69, 9.17) is 0 Å². The Morgan fingerprint density at radius 3 is 2.30 bits per heavy atom. The van der Waals surface area contributed by atoms with Crippen molar-refractivity contribution in [3.8, 4) is 0 Å². The van der Waals surface area contributed by atoms with Crippen molar-refractivity contribution in [2.45, 2.75) is 96.8 Å². The molecule has 3 heterocycles. The molecule has 5 N–H and O–H groups in total. The minimum atomic E-state index is -0.977. The first kappa shape index (κ1) is 36.3. The quantitative estimate of drug-likeness (QED) is 0.259. The minimum absolute atomic E-state index is 0.0650. The van der Waals surface area contributed by atoms with Crippen molar-refractivity contribution in [2.24, 2.45) is 5.92 Å². The van der Waals surface area contributed by atoms with Crippen molar-refractivity contribution in [3.63, 3.8) is 0 Å². The Hall–Kier alpha value is -5.00. The summed E-state index contributed by atoms with van der Waals surface area (Å²) in [5, 5.41) is 18.8. The maximum atomic E-state index is 13.9.